The van der Waals surface area contributed by atoms with E-state index in [1.807, 2.05) is 61.5 Å². The smallest absolute Gasteiger partial charge is 0.262 e. The van der Waals surface area contributed by atoms with Crippen LogP contribution < -0.4 is 10.1 Å². The SMILES string of the molecule is CCCCOc1ccc(-c2nn(-c3ccccc3)cc2C=C(C#N)C(=O)NC2CCS(=O)(=O)C2)c(C)c1. The van der Waals surface area contributed by atoms with Crippen molar-refractivity contribution >= 4 is 21.8 Å². The number of nitriles is 1. The van der Waals surface area contributed by atoms with Gasteiger partial charge in [0.15, 0.2) is 9.84 Å². The highest BCUT2D eigenvalue weighted by Crippen LogP contribution is 2.31. The highest BCUT2D eigenvalue weighted by atomic mass is 32.2. The Morgan fingerprint density at radius 1 is 1.27 bits per heavy atom. The van der Waals surface area contributed by atoms with Crippen molar-refractivity contribution in [2.75, 3.05) is 18.1 Å². The number of aryl methyl sites for hydroxylation is 1. The molecule has 2 aromatic carbocycles. The van der Waals surface area contributed by atoms with Crippen LogP contribution in [0.2, 0.25) is 0 Å². The lowest BCUT2D eigenvalue weighted by molar-refractivity contribution is -0.117. The molecule has 1 amide bonds. The highest BCUT2D eigenvalue weighted by molar-refractivity contribution is 7.91. The van der Waals surface area contributed by atoms with Gasteiger partial charge in [0.25, 0.3) is 5.91 Å². The van der Waals surface area contributed by atoms with Gasteiger partial charge in [0.05, 0.1) is 23.8 Å². The third-order valence-electron chi connectivity index (χ3n) is 6.22. The first-order valence-corrected chi connectivity index (χ1v) is 14.1. The van der Waals surface area contributed by atoms with E-state index < -0.39 is 21.8 Å². The maximum atomic E-state index is 12.9. The van der Waals surface area contributed by atoms with E-state index in [0.717, 1.165) is 35.4 Å². The number of hydrogen-bond donors (Lipinski definition) is 1. The molecule has 192 valence electrons. The first-order chi connectivity index (χ1) is 17.8. The number of para-hydroxylation sites is 1. The third kappa shape index (κ3) is 6.46. The molecule has 8 nitrogen and oxygen atoms in total. The molecular weight excluding hydrogens is 488 g/mol. The number of amides is 1. The number of hydrogen-bond acceptors (Lipinski definition) is 6. The molecule has 0 saturated carbocycles. The summed E-state index contributed by atoms with van der Waals surface area (Å²) in [4.78, 5) is 12.9. The van der Waals surface area contributed by atoms with Crippen LogP contribution in [0.3, 0.4) is 0 Å². The molecule has 1 saturated heterocycles. The van der Waals surface area contributed by atoms with Crippen molar-refractivity contribution in [3.05, 3.63) is 71.4 Å². The van der Waals surface area contributed by atoms with Crippen LogP contribution in [0.15, 0.2) is 60.3 Å². The van der Waals surface area contributed by atoms with E-state index in [4.69, 9.17) is 9.84 Å². The zero-order valence-electron chi connectivity index (χ0n) is 21.0. The number of unbranched alkanes of at least 4 members (excludes halogenated alkanes) is 1. The summed E-state index contributed by atoms with van der Waals surface area (Å²) in [7, 11) is -3.16. The minimum atomic E-state index is -3.16. The number of ether oxygens (including phenoxy) is 1. The van der Waals surface area contributed by atoms with Gasteiger partial charge >= 0.3 is 0 Å². The van der Waals surface area contributed by atoms with E-state index in [-0.39, 0.29) is 17.1 Å². The summed E-state index contributed by atoms with van der Waals surface area (Å²) in [6.07, 6.45) is 5.65. The van der Waals surface area contributed by atoms with Gasteiger partial charge < -0.3 is 10.1 Å². The number of nitrogens with one attached hydrogen (secondary N) is 1. The summed E-state index contributed by atoms with van der Waals surface area (Å²) in [5, 5.41) is 17.3. The first-order valence-electron chi connectivity index (χ1n) is 12.3. The summed E-state index contributed by atoms with van der Waals surface area (Å²) in [5.41, 5.74) is 3.72. The molecule has 1 unspecified atom stereocenters. The van der Waals surface area contributed by atoms with Crippen molar-refractivity contribution in [1.29, 1.82) is 5.26 Å². The molecule has 1 atom stereocenters. The van der Waals surface area contributed by atoms with E-state index in [1.54, 1.807) is 10.9 Å². The minimum absolute atomic E-state index is 0.0367. The van der Waals surface area contributed by atoms with Gasteiger partial charge in [0.1, 0.15) is 23.1 Å². The van der Waals surface area contributed by atoms with Gasteiger partial charge in [-0.2, -0.15) is 10.4 Å². The lowest BCUT2D eigenvalue weighted by Crippen LogP contribution is -2.36. The van der Waals surface area contributed by atoms with Crippen molar-refractivity contribution in [3.63, 3.8) is 0 Å². The Kier molecular flexibility index (Phi) is 8.09. The summed E-state index contributed by atoms with van der Waals surface area (Å²) >= 11 is 0. The van der Waals surface area contributed by atoms with Gasteiger partial charge in [-0.25, -0.2) is 13.1 Å². The molecule has 0 aliphatic carbocycles. The molecule has 1 N–H and O–H groups in total. The first kappa shape index (κ1) is 26.2. The molecule has 1 aromatic heterocycles. The Morgan fingerprint density at radius 2 is 2.05 bits per heavy atom. The van der Waals surface area contributed by atoms with E-state index in [1.165, 1.54) is 6.08 Å². The van der Waals surface area contributed by atoms with Gasteiger partial charge in [-0.3, -0.25) is 4.79 Å². The van der Waals surface area contributed by atoms with Crippen LogP contribution in [0.1, 0.15) is 37.3 Å². The fourth-order valence-corrected chi connectivity index (χ4v) is 5.89. The maximum Gasteiger partial charge on any atom is 0.262 e. The second-order valence-electron chi connectivity index (χ2n) is 9.14. The fourth-order valence-electron chi connectivity index (χ4n) is 4.22. The molecule has 0 bridgehead atoms. The predicted molar refractivity (Wildman–Crippen MR) is 143 cm³/mol. The molecule has 2 heterocycles. The Morgan fingerprint density at radius 3 is 2.70 bits per heavy atom. The van der Waals surface area contributed by atoms with E-state index >= 15 is 0 Å². The number of sulfone groups is 1. The molecule has 1 aliphatic heterocycles. The van der Waals surface area contributed by atoms with Gasteiger partial charge in [-0.05, 0) is 61.7 Å². The highest BCUT2D eigenvalue weighted by Gasteiger charge is 2.29. The van der Waals surface area contributed by atoms with Crippen LogP contribution in [0.25, 0.3) is 23.0 Å². The number of nitrogens with zero attached hydrogens (tertiary/aromatic N) is 3. The van der Waals surface area contributed by atoms with Crippen LogP contribution in [0, 0.1) is 18.3 Å². The molecule has 9 heteroatoms. The maximum absolute atomic E-state index is 12.9. The number of aromatic nitrogens is 2. The summed E-state index contributed by atoms with van der Waals surface area (Å²) in [6.45, 7) is 4.73. The standard InChI is InChI=1S/C28H30N4O4S/c1-3-4-13-36-25-10-11-26(20(2)15-25)27-22(18-32(31-27)24-8-6-5-7-9-24)16-21(17-29)28(33)30-23-12-14-37(34,35)19-23/h5-11,15-16,18,23H,3-4,12-14,19H2,1-2H3,(H,30,33). The van der Waals surface area contributed by atoms with E-state index in [2.05, 4.69) is 12.2 Å². The third-order valence-corrected chi connectivity index (χ3v) is 7.98. The molecular formula is C28H30N4O4S. The summed E-state index contributed by atoms with van der Waals surface area (Å²) < 4.78 is 31.1. The van der Waals surface area contributed by atoms with Gasteiger partial charge in [0.2, 0.25) is 0 Å². The molecule has 4 rings (SSSR count). The van der Waals surface area contributed by atoms with Crippen molar-refractivity contribution in [2.24, 2.45) is 0 Å². The minimum Gasteiger partial charge on any atom is -0.494 e. The van der Waals surface area contributed by atoms with E-state index in [9.17, 15) is 18.5 Å². The molecule has 0 spiro atoms. The largest absolute Gasteiger partial charge is 0.494 e. The Bertz CT molecular complexity index is 1450. The number of carbonyl (C=O) groups is 1. The molecule has 0 radical (unpaired) electrons. The van der Waals surface area contributed by atoms with Crippen molar-refractivity contribution < 1.29 is 17.9 Å². The zero-order valence-corrected chi connectivity index (χ0v) is 21.8. The number of carbonyl (C=O) groups excluding carboxylic acids is 1. The van der Waals surface area contributed by atoms with Gasteiger partial charge in [0, 0.05) is 23.4 Å². The fraction of sp³-hybridized carbons (Fsp3) is 0.321. The molecule has 37 heavy (non-hydrogen) atoms. The van der Waals surface area contributed by atoms with Crippen LogP contribution in [0.4, 0.5) is 0 Å². The predicted octanol–water partition coefficient (Wildman–Crippen LogP) is 4.24. The molecule has 1 fully saturated rings. The zero-order chi connectivity index (χ0) is 26.4. The van der Waals surface area contributed by atoms with Crippen molar-refractivity contribution in [3.8, 4) is 28.8 Å². The summed E-state index contributed by atoms with van der Waals surface area (Å²) in [5.74, 6) is 0.104. The number of rotatable bonds is 9. The second-order valence-corrected chi connectivity index (χ2v) is 11.4. The average molecular weight is 519 g/mol. The van der Waals surface area contributed by atoms with Crippen LogP contribution in [0.5, 0.6) is 5.75 Å². The summed E-state index contributed by atoms with van der Waals surface area (Å²) in [6, 6.07) is 16.8. The average Bonchev–Trinajstić information content (AvgIpc) is 3.45. The molecule has 1 aliphatic rings. The lowest BCUT2D eigenvalue weighted by atomic mass is 10.0. The van der Waals surface area contributed by atoms with Crippen molar-refractivity contribution in [1.82, 2.24) is 15.1 Å². The van der Waals surface area contributed by atoms with E-state index in [0.29, 0.717) is 24.3 Å². The van der Waals surface area contributed by atoms with Crippen LogP contribution in [-0.2, 0) is 14.6 Å². The topological polar surface area (TPSA) is 114 Å². The Labute approximate surface area is 217 Å². The molecule has 3 aromatic rings. The normalized spacial score (nSPS) is 16.8. The van der Waals surface area contributed by atoms with Crippen LogP contribution in [-0.4, -0.2) is 48.3 Å². The number of benzene rings is 2. The second kappa shape index (κ2) is 11.4. The van der Waals surface area contributed by atoms with Gasteiger partial charge in [-0.1, -0.05) is 31.5 Å². The van der Waals surface area contributed by atoms with Gasteiger partial charge in [-0.15, -0.1) is 0 Å². The van der Waals surface area contributed by atoms with Crippen molar-refractivity contribution in [2.45, 2.75) is 39.2 Å². The quantitative estimate of drug-likeness (QED) is 0.258. The Hall–Kier alpha value is -3.90. The lowest BCUT2D eigenvalue weighted by Gasteiger charge is -2.11. The monoisotopic (exact) mass is 518 g/mol. The van der Waals surface area contributed by atoms with Crippen LogP contribution >= 0.6 is 0 Å². The Balaban J connectivity index is 1.70.